The lowest BCUT2D eigenvalue weighted by Gasteiger charge is -2.32. The van der Waals surface area contributed by atoms with Gasteiger partial charge < -0.3 is 5.32 Å². The number of piperidine rings is 1. The molecule has 1 saturated heterocycles. The molecular weight excluding hydrogens is 214 g/mol. The van der Waals surface area contributed by atoms with Gasteiger partial charge >= 0.3 is 0 Å². The second-order valence-electron chi connectivity index (χ2n) is 4.26. The largest absolute Gasteiger partial charge is 0.316 e. The smallest absolute Gasteiger partial charge is 0.279 e. The Morgan fingerprint density at radius 1 is 1.40 bits per heavy atom. The first-order valence-corrected chi connectivity index (χ1v) is 6.84. The maximum atomic E-state index is 11.8. The average Bonchev–Trinajstić information content (AvgIpc) is 2.16. The Morgan fingerprint density at radius 2 is 2.07 bits per heavy atom. The third-order valence-corrected chi connectivity index (χ3v) is 4.30. The van der Waals surface area contributed by atoms with Crippen molar-refractivity contribution in [3.63, 3.8) is 0 Å². The molecule has 1 fully saturated rings. The van der Waals surface area contributed by atoms with E-state index in [1.54, 1.807) is 0 Å². The van der Waals surface area contributed by atoms with E-state index >= 15 is 0 Å². The van der Waals surface area contributed by atoms with Crippen LogP contribution in [0.1, 0.15) is 26.7 Å². The molecule has 90 valence electrons. The SMILES string of the molecule is CNC1CCCN(S(=O)(=O)NC(C)C)C1. The number of nitrogens with zero attached hydrogens (tertiary/aromatic N) is 1. The molecule has 15 heavy (non-hydrogen) atoms. The number of hydrogen-bond donors (Lipinski definition) is 2. The van der Waals surface area contributed by atoms with E-state index in [1.807, 2.05) is 20.9 Å². The fourth-order valence-corrected chi connectivity index (χ4v) is 3.26. The Bertz CT molecular complexity index is 290. The minimum absolute atomic E-state index is 0.0510. The number of rotatable bonds is 4. The lowest BCUT2D eigenvalue weighted by atomic mass is 10.1. The maximum absolute atomic E-state index is 11.8. The van der Waals surface area contributed by atoms with Crippen LogP contribution >= 0.6 is 0 Å². The molecule has 1 atom stereocenters. The van der Waals surface area contributed by atoms with E-state index in [4.69, 9.17) is 0 Å². The summed E-state index contributed by atoms with van der Waals surface area (Å²) in [4.78, 5) is 0. The number of hydrogen-bond acceptors (Lipinski definition) is 3. The fourth-order valence-electron chi connectivity index (χ4n) is 1.77. The van der Waals surface area contributed by atoms with Crippen LogP contribution in [0.2, 0.25) is 0 Å². The van der Waals surface area contributed by atoms with Crippen LogP contribution in [0.4, 0.5) is 0 Å². The van der Waals surface area contributed by atoms with Crippen molar-refractivity contribution in [2.24, 2.45) is 0 Å². The Labute approximate surface area is 92.4 Å². The van der Waals surface area contributed by atoms with Gasteiger partial charge in [-0.3, -0.25) is 0 Å². The van der Waals surface area contributed by atoms with Gasteiger partial charge in [-0.1, -0.05) is 0 Å². The molecule has 1 heterocycles. The van der Waals surface area contributed by atoms with Gasteiger partial charge in [0, 0.05) is 25.2 Å². The van der Waals surface area contributed by atoms with Crippen molar-refractivity contribution >= 4 is 10.2 Å². The number of nitrogens with one attached hydrogen (secondary N) is 2. The van der Waals surface area contributed by atoms with Crippen LogP contribution in [0, 0.1) is 0 Å². The highest BCUT2D eigenvalue weighted by atomic mass is 32.2. The zero-order valence-corrected chi connectivity index (χ0v) is 10.5. The highest BCUT2D eigenvalue weighted by molar-refractivity contribution is 7.87. The molecule has 0 bridgehead atoms. The van der Waals surface area contributed by atoms with Gasteiger partial charge in [-0.2, -0.15) is 17.4 Å². The monoisotopic (exact) mass is 235 g/mol. The van der Waals surface area contributed by atoms with E-state index in [2.05, 4.69) is 10.0 Å². The third-order valence-electron chi connectivity index (χ3n) is 2.52. The summed E-state index contributed by atoms with van der Waals surface area (Å²) >= 11 is 0. The molecule has 0 saturated carbocycles. The van der Waals surface area contributed by atoms with Gasteiger partial charge in [-0.05, 0) is 33.7 Å². The second-order valence-corrected chi connectivity index (χ2v) is 5.97. The van der Waals surface area contributed by atoms with Crippen LogP contribution in [-0.4, -0.2) is 44.9 Å². The molecule has 0 aliphatic carbocycles. The molecule has 0 spiro atoms. The molecule has 0 radical (unpaired) electrons. The maximum Gasteiger partial charge on any atom is 0.279 e. The van der Waals surface area contributed by atoms with Gasteiger partial charge in [0.15, 0.2) is 0 Å². The molecular formula is C9H21N3O2S. The van der Waals surface area contributed by atoms with E-state index in [9.17, 15) is 8.42 Å². The van der Waals surface area contributed by atoms with Crippen LogP contribution in [0.25, 0.3) is 0 Å². The molecule has 1 aliphatic heterocycles. The zero-order valence-electron chi connectivity index (χ0n) is 9.66. The van der Waals surface area contributed by atoms with Crippen molar-refractivity contribution in [3.05, 3.63) is 0 Å². The van der Waals surface area contributed by atoms with Crippen molar-refractivity contribution in [1.29, 1.82) is 0 Å². The normalized spacial score (nSPS) is 24.7. The quantitative estimate of drug-likeness (QED) is 0.716. The van der Waals surface area contributed by atoms with Crippen LogP contribution in [0.5, 0.6) is 0 Å². The minimum Gasteiger partial charge on any atom is -0.316 e. The fraction of sp³-hybridized carbons (Fsp3) is 1.00. The molecule has 2 N–H and O–H groups in total. The molecule has 1 aliphatic rings. The third kappa shape index (κ3) is 3.71. The first kappa shape index (κ1) is 12.9. The topological polar surface area (TPSA) is 61.4 Å². The van der Waals surface area contributed by atoms with E-state index < -0.39 is 10.2 Å². The Balaban J connectivity index is 2.62. The predicted molar refractivity (Wildman–Crippen MR) is 60.8 cm³/mol. The van der Waals surface area contributed by atoms with Gasteiger partial charge in [0.2, 0.25) is 0 Å². The molecule has 0 aromatic rings. The van der Waals surface area contributed by atoms with Crippen LogP contribution in [0.3, 0.4) is 0 Å². The van der Waals surface area contributed by atoms with Crippen molar-refractivity contribution in [1.82, 2.24) is 14.3 Å². The average molecular weight is 235 g/mol. The predicted octanol–water partition coefficient (Wildman–Crippen LogP) is -0.0870. The summed E-state index contributed by atoms with van der Waals surface area (Å²) in [5.41, 5.74) is 0. The van der Waals surface area contributed by atoms with Gasteiger partial charge in [0.05, 0.1) is 0 Å². The summed E-state index contributed by atoms with van der Waals surface area (Å²) in [5, 5.41) is 3.13. The molecule has 0 aromatic heterocycles. The van der Waals surface area contributed by atoms with Gasteiger partial charge in [0.1, 0.15) is 0 Å². The van der Waals surface area contributed by atoms with E-state index in [0.29, 0.717) is 13.1 Å². The molecule has 0 aromatic carbocycles. The Kier molecular flexibility index (Phi) is 4.51. The highest BCUT2D eigenvalue weighted by Gasteiger charge is 2.28. The Morgan fingerprint density at radius 3 is 2.60 bits per heavy atom. The van der Waals surface area contributed by atoms with E-state index in [1.165, 1.54) is 4.31 Å². The van der Waals surface area contributed by atoms with Crippen LogP contribution < -0.4 is 10.0 Å². The lowest BCUT2D eigenvalue weighted by Crippen LogP contribution is -2.51. The summed E-state index contributed by atoms with van der Waals surface area (Å²) < 4.78 is 27.8. The highest BCUT2D eigenvalue weighted by Crippen LogP contribution is 2.12. The van der Waals surface area contributed by atoms with Crippen molar-refractivity contribution in [2.75, 3.05) is 20.1 Å². The summed E-state index contributed by atoms with van der Waals surface area (Å²) in [7, 11) is -1.41. The van der Waals surface area contributed by atoms with E-state index in [-0.39, 0.29) is 12.1 Å². The van der Waals surface area contributed by atoms with Crippen molar-refractivity contribution < 1.29 is 8.42 Å². The van der Waals surface area contributed by atoms with Gasteiger partial charge in [0.25, 0.3) is 10.2 Å². The minimum atomic E-state index is -3.28. The standard InChI is InChI=1S/C9H21N3O2S/c1-8(2)11-15(13,14)12-6-4-5-9(7-12)10-3/h8-11H,4-7H2,1-3H3. The van der Waals surface area contributed by atoms with Gasteiger partial charge in [-0.25, -0.2) is 0 Å². The molecule has 6 heteroatoms. The van der Waals surface area contributed by atoms with Crippen molar-refractivity contribution in [3.8, 4) is 0 Å². The van der Waals surface area contributed by atoms with Crippen LogP contribution in [-0.2, 0) is 10.2 Å². The summed E-state index contributed by atoms with van der Waals surface area (Å²) in [6.07, 6.45) is 1.97. The zero-order chi connectivity index (χ0) is 11.5. The Hall–Kier alpha value is -0.170. The van der Waals surface area contributed by atoms with Crippen LogP contribution in [0.15, 0.2) is 0 Å². The van der Waals surface area contributed by atoms with E-state index in [0.717, 1.165) is 12.8 Å². The molecule has 5 nitrogen and oxygen atoms in total. The first-order chi connectivity index (χ1) is 6.95. The summed E-state index contributed by atoms with van der Waals surface area (Å²) in [5.74, 6) is 0. The van der Waals surface area contributed by atoms with Crippen molar-refractivity contribution in [2.45, 2.75) is 38.8 Å². The number of likely N-dealkylation sites (N-methyl/N-ethyl adjacent to an activating group) is 1. The lowest BCUT2D eigenvalue weighted by molar-refractivity contribution is 0.288. The second kappa shape index (κ2) is 5.25. The van der Waals surface area contributed by atoms with Gasteiger partial charge in [-0.15, -0.1) is 0 Å². The summed E-state index contributed by atoms with van der Waals surface area (Å²) in [6, 6.07) is 0.229. The molecule has 1 unspecified atom stereocenters. The summed E-state index contributed by atoms with van der Waals surface area (Å²) in [6.45, 7) is 4.85. The first-order valence-electron chi connectivity index (χ1n) is 5.40. The molecule has 0 amide bonds. The molecule has 1 rings (SSSR count).